The molecule has 0 aromatic heterocycles. The first-order valence-corrected chi connectivity index (χ1v) is 8.61. The zero-order valence-electron chi connectivity index (χ0n) is 15.6. The van der Waals surface area contributed by atoms with Gasteiger partial charge in [0.1, 0.15) is 11.3 Å². The number of likely N-dealkylation sites (tertiary alicyclic amines) is 1. The van der Waals surface area contributed by atoms with Gasteiger partial charge in [0.2, 0.25) is 0 Å². The smallest absolute Gasteiger partial charge is 0.336 e. The number of unbranched alkanes of at least 4 members (excludes halogenated alkanes) is 1. The third-order valence-electron chi connectivity index (χ3n) is 4.59. The van der Waals surface area contributed by atoms with Crippen LogP contribution in [0.3, 0.4) is 0 Å². The molecular weight excluding hydrogens is 338 g/mol. The lowest BCUT2D eigenvalue weighted by Gasteiger charge is -2.31. The lowest BCUT2D eigenvalue weighted by molar-refractivity contribution is -0.166. The molecule has 1 aliphatic heterocycles. The van der Waals surface area contributed by atoms with Crippen molar-refractivity contribution in [3.63, 3.8) is 0 Å². The summed E-state index contributed by atoms with van der Waals surface area (Å²) < 4.78 is 0. The van der Waals surface area contributed by atoms with Crippen LogP contribution in [-0.4, -0.2) is 56.6 Å². The number of rotatable bonds is 8. The molecule has 0 spiro atoms. The van der Waals surface area contributed by atoms with Gasteiger partial charge in [-0.3, -0.25) is 9.59 Å². The molecule has 0 bridgehead atoms. The van der Waals surface area contributed by atoms with E-state index in [0.29, 0.717) is 0 Å². The third-order valence-corrected chi connectivity index (χ3v) is 4.59. The van der Waals surface area contributed by atoms with Crippen LogP contribution in [0, 0.1) is 5.92 Å². The SMILES string of the molecule is CCC/C=C/C=C/C(O)=C1\C(=O)[C@@H](CC(O)(C(=O)O)C(C)C)N(C)C1=O. The number of hydrogen-bond donors (Lipinski definition) is 3. The number of aliphatic hydroxyl groups excluding tert-OH is 1. The Kier molecular flexibility index (Phi) is 7.32. The van der Waals surface area contributed by atoms with E-state index in [4.69, 9.17) is 0 Å². The number of nitrogens with zero attached hydrogens (tertiary/aromatic N) is 1. The number of aliphatic carboxylic acids is 1. The van der Waals surface area contributed by atoms with Gasteiger partial charge in [-0.2, -0.15) is 0 Å². The highest BCUT2D eigenvalue weighted by molar-refractivity contribution is 6.27. The molecule has 1 saturated heterocycles. The highest BCUT2D eigenvalue weighted by Crippen LogP contribution is 2.31. The molecule has 2 atom stereocenters. The molecule has 1 unspecified atom stereocenters. The van der Waals surface area contributed by atoms with Crippen molar-refractivity contribution in [2.75, 3.05) is 7.05 Å². The Labute approximate surface area is 153 Å². The molecule has 144 valence electrons. The predicted octanol–water partition coefficient (Wildman–Crippen LogP) is 1.98. The van der Waals surface area contributed by atoms with Gasteiger partial charge in [0.05, 0.1) is 6.04 Å². The largest absolute Gasteiger partial charge is 0.507 e. The Balaban J connectivity index is 3.12. The molecule has 7 nitrogen and oxygen atoms in total. The van der Waals surface area contributed by atoms with Gasteiger partial charge in [-0.05, 0) is 18.4 Å². The molecule has 1 rings (SSSR count). The normalized spacial score (nSPS) is 22.7. The van der Waals surface area contributed by atoms with Gasteiger partial charge in [0, 0.05) is 13.5 Å². The molecule has 26 heavy (non-hydrogen) atoms. The zero-order chi connectivity index (χ0) is 20.1. The number of hydrogen-bond acceptors (Lipinski definition) is 5. The van der Waals surface area contributed by atoms with Gasteiger partial charge in [-0.1, -0.05) is 45.4 Å². The first-order chi connectivity index (χ1) is 12.1. The summed E-state index contributed by atoms with van der Waals surface area (Å²) in [5.41, 5.74) is -2.55. The van der Waals surface area contributed by atoms with E-state index in [9.17, 15) is 29.7 Å². The maximum absolute atomic E-state index is 12.6. The fourth-order valence-electron chi connectivity index (χ4n) is 2.67. The van der Waals surface area contributed by atoms with E-state index < -0.39 is 53.0 Å². The van der Waals surface area contributed by atoms with Crippen molar-refractivity contribution in [3.05, 3.63) is 35.6 Å². The first-order valence-electron chi connectivity index (χ1n) is 8.61. The number of amides is 1. The van der Waals surface area contributed by atoms with E-state index >= 15 is 0 Å². The van der Waals surface area contributed by atoms with E-state index in [2.05, 4.69) is 0 Å². The highest BCUT2D eigenvalue weighted by atomic mass is 16.4. The zero-order valence-corrected chi connectivity index (χ0v) is 15.6. The van der Waals surface area contributed by atoms with Gasteiger partial charge in [0.15, 0.2) is 11.4 Å². The maximum atomic E-state index is 12.6. The highest BCUT2D eigenvalue weighted by Gasteiger charge is 2.50. The lowest BCUT2D eigenvalue weighted by Crippen LogP contribution is -2.49. The number of allylic oxidation sites excluding steroid dienone is 4. The molecule has 3 N–H and O–H groups in total. The fraction of sp³-hybridized carbons (Fsp3) is 0.526. The molecule has 0 aromatic rings. The quantitative estimate of drug-likeness (QED) is 0.262. The molecule has 0 radical (unpaired) electrons. The monoisotopic (exact) mass is 365 g/mol. The number of carbonyl (C=O) groups excluding carboxylic acids is 2. The topological polar surface area (TPSA) is 115 Å². The van der Waals surface area contributed by atoms with Crippen LogP contribution in [0.2, 0.25) is 0 Å². The average molecular weight is 365 g/mol. The van der Waals surface area contributed by atoms with E-state index in [1.807, 2.05) is 13.0 Å². The molecule has 0 aromatic carbocycles. The van der Waals surface area contributed by atoms with Crippen LogP contribution in [0.4, 0.5) is 0 Å². The molecule has 1 amide bonds. The standard InChI is InChI=1S/C19H27NO6/c1-5-6-7-8-9-10-14(21)15-16(22)13(20(4)17(15)23)11-19(26,12(2)3)18(24)25/h7-10,12-13,21,26H,5-6,11H2,1-4H3,(H,24,25)/b8-7+,10-9+,15-14-/t13-,19?/m1/s1. The number of carbonyl (C=O) groups is 3. The van der Waals surface area contributed by atoms with Crippen molar-refractivity contribution in [1.82, 2.24) is 4.90 Å². The summed E-state index contributed by atoms with van der Waals surface area (Å²) in [4.78, 5) is 37.4. The third kappa shape index (κ3) is 4.40. The number of ketones is 1. The summed E-state index contributed by atoms with van der Waals surface area (Å²) in [5, 5.41) is 29.8. The lowest BCUT2D eigenvalue weighted by atomic mass is 9.83. The number of aliphatic hydroxyl groups is 2. The molecule has 7 heteroatoms. The molecule has 1 heterocycles. The Morgan fingerprint density at radius 1 is 1.27 bits per heavy atom. The van der Waals surface area contributed by atoms with Crippen LogP contribution < -0.4 is 0 Å². The second-order valence-corrected chi connectivity index (χ2v) is 6.72. The fourth-order valence-corrected chi connectivity index (χ4v) is 2.67. The van der Waals surface area contributed by atoms with Crippen molar-refractivity contribution in [2.24, 2.45) is 5.92 Å². The minimum absolute atomic E-state index is 0.394. The van der Waals surface area contributed by atoms with E-state index in [1.54, 1.807) is 6.08 Å². The molecule has 0 saturated carbocycles. The van der Waals surface area contributed by atoms with Crippen LogP contribution in [0.15, 0.2) is 35.6 Å². The molecule has 1 fully saturated rings. The van der Waals surface area contributed by atoms with Crippen molar-refractivity contribution in [1.29, 1.82) is 0 Å². The average Bonchev–Trinajstić information content (AvgIpc) is 2.77. The molecule has 1 aliphatic rings. The van der Waals surface area contributed by atoms with Gasteiger partial charge in [-0.25, -0.2) is 4.79 Å². The summed E-state index contributed by atoms with van der Waals surface area (Å²) >= 11 is 0. The van der Waals surface area contributed by atoms with Gasteiger partial charge >= 0.3 is 5.97 Å². The molecule has 0 aliphatic carbocycles. The number of Topliss-reactive ketones (excluding diaryl/α,β-unsaturated/α-hetero) is 1. The van der Waals surface area contributed by atoms with Crippen molar-refractivity contribution >= 4 is 17.7 Å². The van der Waals surface area contributed by atoms with Crippen molar-refractivity contribution in [2.45, 2.75) is 51.7 Å². The Morgan fingerprint density at radius 3 is 2.38 bits per heavy atom. The van der Waals surface area contributed by atoms with Crippen molar-refractivity contribution in [3.8, 4) is 0 Å². The van der Waals surface area contributed by atoms with E-state index in [1.165, 1.54) is 33.0 Å². The number of likely N-dealkylation sites (N-methyl/N-ethyl adjacent to an activating group) is 1. The second kappa shape index (κ2) is 8.80. The number of carboxylic acids is 1. The Hall–Kier alpha value is -2.41. The van der Waals surface area contributed by atoms with Gasteiger partial charge < -0.3 is 20.2 Å². The second-order valence-electron chi connectivity index (χ2n) is 6.72. The van der Waals surface area contributed by atoms with E-state index in [-0.39, 0.29) is 0 Å². The summed E-state index contributed by atoms with van der Waals surface area (Å²) in [6.45, 7) is 5.07. The summed E-state index contributed by atoms with van der Waals surface area (Å²) in [5.74, 6) is -3.99. The predicted molar refractivity (Wildman–Crippen MR) is 96.4 cm³/mol. The summed E-state index contributed by atoms with van der Waals surface area (Å²) in [6.07, 6.45) is 7.76. The Bertz CT molecular complexity index is 661. The van der Waals surface area contributed by atoms with Crippen LogP contribution in [0.5, 0.6) is 0 Å². The van der Waals surface area contributed by atoms with Gasteiger partial charge in [0.25, 0.3) is 5.91 Å². The Morgan fingerprint density at radius 2 is 1.88 bits per heavy atom. The number of carboxylic acid groups (broad SMARTS) is 1. The van der Waals surface area contributed by atoms with Gasteiger partial charge in [-0.15, -0.1) is 0 Å². The molecular formula is C19H27NO6. The van der Waals surface area contributed by atoms with Crippen LogP contribution in [0.1, 0.15) is 40.0 Å². The van der Waals surface area contributed by atoms with E-state index in [0.717, 1.165) is 17.7 Å². The van der Waals surface area contributed by atoms with Crippen LogP contribution in [-0.2, 0) is 14.4 Å². The minimum Gasteiger partial charge on any atom is -0.507 e. The summed E-state index contributed by atoms with van der Waals surface area (Å²) in [7, 11) is 1.35. The minimum atomic E-state index is -2.15. The van der Waals surface area contributed by atoms with Crippen LogP contribution >= 0.6 is 0 Å². The first kappa shape index (κ1) is 21.6. The summed E-state index contributed by atoms with van der Waals surface area (Å²) in [6, 6.07) is -1.15. The van der Waals surface area contributed by atoms with Crippen LogP contribution in [0.25, 0.3) is 0 Å². The maximum Gasteiger partial charge on any atom is 0.336 e. The van der Waals surface area contributed by atoms with Crippen molar-refractivity contribution < 1.29 is 29.7 Å².